The number of anilines is 2. The summed E-state index contributed by atoms with van der Waals surface area (Å²) in [6.07, 6.45) is 0. The van der Waals surface area contributed by atoms with Crippen LogP contribution in [-0.2, 0) is 0 Å². The van der Waals surface area contributed by atoms with Crippen LogP contribution in [0, 0.1) is 0 Å². The molecular formula is C19H13ClN4OS. The molecule has 2 amide bonds. The first-order valence-corrected chi connectivity index (χ1v) is 9.03. The number of rotatable bonds is 3. The summed E-state index contributed by atoms with van der Waals surface area (Å²) in [7, 11) is 0. The van der Waals surface area contributed by atoms with Gasteiger partial charge in [-0.1, -0.05) is 65.4 Å². The Morgan fingerprint density at radius 3 is 2.46 bits per heavy atom. The third kappa shape index (κ3) is 3.66. The number of fused-ring (bicyclic) bond motifs is 1. The van der Waals surface area contributed by atoms with E-state index in [0.29, 0.717) is 20.8 Å². The first-order chi connectivity index (χ1) is 12.7. The Kier molecular flexibility index (Phi) is 4.51. The number of hydrogen-bond acceptors (Lipinski definition) is 4. The van der Waals surface area contributed by atoms with Crippen molar-refractivity contribution >= 4 is 50.6 Å². The van der Waals surface area contributed by atoms with Crippen molar-refractivity contribution in [3.05, 3.63) is 71.8 Å². The predicted octanol–water partition coefficient (Wildman–Crippen LogP) is 5.66. The first kappa shape index (κ1) is 16.5. The molecule has 0 aliphatic heterocycles. The molecule has 0 atom stereocenters. The predicted molar refractivity (Wildman–Crippen MR) is 107 cm³/mol. The fraction of sp³-hybridized carbons (Fsp3) is 0. The number of carbonyl (C=O) groups excluding carboxylic acids is 1. The van der Waals surface area contributed by atoms with E-state index in [1.165, 1.54) is 11.3 Å². The molecule has 7 heteroatoms. The summed E-state index contributed by atoms with van der Waals surface area (Å²) in [5.41, 5.74) is 1.61. The minimum atomic E-state index is -0.362. The Bertz CT molecular complexity index is 1080. The highest BCUT2D eigenvalue weighted by Crippen LogP contribution is 2.27. The SMILES string of the molecule is O=C(Nc1ccc2ccccc2c1)Nc1nnc(-c2ccc(Cl)cc2)s1. The number of halogens is 1. The number of amides is 2. The Hall–Kier alpha value is -2.96. The minimum absolute atomic E-state index is 0.362. The van der Waals surface area contributed by atoms with Gasteiger partial charge in [-0.25, -0.2) is 4.79 Å². The van der Waals surface area contributed by atoms with E-state index in [1.54, 1.807) is 12.1 Å². The van der Waals surface area contributed by atoms with Crippen molar-refractivity contribution < 1.29 is 4.79 Å². The highest BCUT2D eigenvalue weighted by Gasteiger charge is 2.10. The molecule has 26 heavy (non-hydrogen) atoms. The monoisotopic (exact) mass is 380 g/mol. The molecule has 0 fully saturated rings. The van der Waals surface area contributed by atoms with Crippen molar-refractivity contribution in [3.63, 3.8) is 0 Å². The van der Waals surface area contributed by atoms with Gasteiger partial charge in [-0.2, -0.15) is 0 Å². The van der Waals surface area contributed by atoms with E-state index in [1.807, 2.05) is 54.6 Å². The lowest BCUT2D eigenvalue weighted by molar-refractivity contribution is 0.262. The number of urea groups is 1. The largest absolute Gasteiger partial charge is 0.325 e. The quantitative estimate of drug-likeness (QED) is 0.482. The zero-order chi connectivity index (χ0) is 17.9. The van der Waals surface area contributed by atoms with Gasteiger partial charge in [-0.3, -0.25) is 5.32 Å². The van der Waals surface area contributed by atoms with Crippen LogP contribution in [0.4, 0.5) is 15.6 Å². The van der Waals surface area contributed by atoms with Crippen LogP contribution in [0.5, 0.6) is 0 Å². The summed E-state index contributed by atoms with van der Waals surface area (Å²) in [5, 5.41) is 17.6. The number of aromatic nitrogens is 2. The summed E-state index contributed by atoms with van der Waals surface area (Å²) < 4.78 is 0. The number of nitrogens with one attached hydrogen (secondary N) is 2. The van der Waals surface area contributed by atoms with Gasteiger partial charge in [0.25, 0.3) is 0 Å². The average molecular weight is 381 g/mol. The topological polar surface area (TPSA) is 66.9 Å². The van der Waals surface area contributed by atoms with Crippen LogP contribution in [-0.4, -0.2) is 16.2 Å². The number of benzene rings is 3. The molecule has 0 aliphatic rings. The van der Waals surface area contributed by atoms with Gasteiger partial charge in [-0.15, -0.1) is 10.2 Å². The van der Waals surface area contributed by atoms with E-state index in [9.17, 15) is 4.79 Å². The van der Waals surface area contributed by atoms with Gasteiger partial charge in [0.15, 0.2) is 0 Å². The second-order valence-corrected chi connectivity index (χ2v) is 6.97. The molecule has 5 nitrogen and oxygen atoms in total. The van der Waals surface area contributed by atoms with Crippen molar-refractivity contribution in [3.8, 4) is 10.6 Å². The first-order valence-electron chi connectivity index (χ1n) is 7.84. The third-order valence-electron chi connectivity index (χ3n) is 3.74. The highest BCUT2D eigenvalue weighted by molar-refractivity contribution is 7.18. The third-order valence-corrected chi connectivity index (χ3v) is 4.88. The maximum Gasteiger partial charge on any atom is 0.325 e. The lowest BCUT2D eigenvalue weighted by Crippen LogP contribution is -2.19. The van der Waals surface area contributed by atoms with Crippen molar-refractivity contribution in [2.24, 2.45) is 0 Å². The molecule has 128 valence electrons. The zero-order valence-corrected chi connectivity index (χ0v) is 15.0. The molecular weight excluding hydrogens is 368 g/mol. The summed E-state index contributed by atoms with van der Waals surface area (Å²) in [4.78, 5) is 12.2. The fourth-order valence-corrected chi connectivity index (χ4v) is 3.38. The van der Waals surface area contributed by atoms with Crippen LogP contribution in [0.15, 0.2) is 66.7 Å². The summed E-state index contributed by atoms with van der Waals surface area (Å²) in [6, 6.07) is 20.7. The summed E-state index contributed by atoms with van der Waals surface area (Å²) in [5.74, 6) is 0. The van der Waals surface area contributed by atoms with Crippen molar-refractivity contribution in [2.45, 2.75) is 0 Å². The van der Waals surface area contributed by atoms with E-state index in [2.05, 4.69) is 20.8 Å². The molecule has 0 saturated heterocycles. The van der Waals surface area contributed by atoms with Gasteiger partial charge in [0, 0.05) is 16.3 Å². The molecule has 1 heterocycles. The second kappa shape index (κ2) is 7.11. The molecule has 1 aromatic heterocycles. The number of nitrogens with zero attached hydrogens (tertiary/aromatic N) is 2. The molecule has 0 aliphatic carbocycles. The van der Waals surface area contributed by atoms with Gasteiger partial charge in [0.05, 0.1) is 0 Å². The smallest absolute Gasteiger partial charge is 0.308 e. The average Bonchev–Trinajstić information content (AvgIpc) is 3.10. The molecule has 4 aromatic rings. The lowest BCUT2D eigenvalue weighted by atomic mass is 10.1. The van der Waals surface area contributed by atoms with E-state index in [-0.39, 0.29) is 6.03 Å². The number of carbonyl (C=O) groups is 1. The standard InChI is InChI=1S/C19H13ClN4OS/c20-15-8-5-13(6-9-15)17-23-24-19(26-17)22-18(25)21-16-10-7-12-3-1-2-4-14(12)11-16/h1-11H,(H2,21,22,24,25). The van der Waals surface area contributed by atoms with Crippen LogP contribution in [0.25, 0.3) is 21.3 Å². The summed E-state index contributed by atoms with van der Waals surface area (Å²) in [6.45, 7) is 0. The van der Waals surface area contributed by atoms with Crippen molar-refractivity contribution in [1.82, 2.24) is 10.2 Å². The van der Waals surface area contributed by atoms with Gasteiger partial charge >= 0.3 is 6.03 Å². The van der Waals surface area contributed by atoms with Gasteiger partial charge in [0.2, 0.25) is 5.13 Å². The fourth-order valence-electron chi connectivity index (χ4n) is 2.51. The van der Waals surface area contributed by atoms with Crippen LogP contribution in [0.2, 0.25) is 5.02 Å². The van der Waals surface area contributed by atoms with E-state index >= 15 is 0 Å². The molecule has 3 aromatic carbocycles. The Labute approximate surface area is 158 Å². The van der Waals surface area contributed by atoms with E-state index < -0.39 is 0 Å². The zero-order valence-electron chi connectivity index (χ0n) is 13.4. The maximum absolute atomic E-state index is 12.2. The van der Waals surface area contributed by atoms with Crippen LogP contribution in [0.3, 0.4) is 0 Å². The van der Waals surface area contributed by atoms with Crippen LogP contribution in [0.1, 0.15) is 0 Å². The van der Waals surface area contributed by atoms with Gasteiger partial charge in [0.1, 0.15) is 5.01 Å². The Morgan fingerprint density at radius 2 is 1.65 bits per heavy atom. The number of hydrogen-bond donors (Lipinski definition) is 2. The van der Waals surface area contributed by atoms with Gasteiger partial charge < -0.3 is 5.32 Å². The maximum atomic E-state index is 12.2. The molecule has 0 spiro atoms. The van der Waals surface area contributed by atoms with Crippen molar-refractivity contribution in [2.75, 3.05) is 10.6 Å². The Balaban J connectivity index is 1.45. The molecule has 0 saturated carbocycles. The van der Waals surface area contributed by atoms with E-state index in [4.69, 9.17) is 11.6 Å². The van der Waals surface area contributed by atoms with E-state index in [0.717, 1.165) is 16.3 Å². The summed E-state index contributed by atoms with van der Waals surface area (Å²) >= 11 is 7.18. The van der Waals surface area contributed by atoms with Crippen LogP contribution >= 0.6 is 22.9 Å². The molecule has 0 radical (unpaired) electrons. The van der Waals surface area contributed by atoms with Crippen LogP contribution < -0.4 is 10.6 Å². The second-order valence-electron chi connectivity index (χ2n) is 5.56. The Morgan fingerprint density at radius 1 is 0.885 bits per heavy atom. The molecule has 4 rings (SSSR count). The highest BCUT2D eigenvalue weighted by atomic mass is 35.5. The minimum Gasteiger partial charge on any atom is -0.308 e. The van der Waals surface area contributed by atoms with Gasteiger partial charge in [-0.05, 0) is 35.0 Å². The molecule has 0 unspecified atom stereocenters. The molecule has 0 bridgehead atoms. The molecule has 2 N–H and O–H groups in total. The lowest BCUT2D eigenvalue weighted by Gasteiger charge is -2.06. The normalized spacial score (nSPS) is 10.7. The van der Waals surface area contributed by atoms with Crippen molar-refractivity contribution in [1.29, 1.82) is 0 Å².